The molecule has 1 heterocycles. The van der Waals surface area contributed by atoms with Gasteiger partial charge in [-0.2, -0.15) is 0 Å². The van der Waals surface area contributed by atoms with Crippen molar-refractivity contribution in [1.82, 2.24) is 4.90 Å². The van der Waals surface area contributed by atoms with Gasteiger partial charge >= 0.3 is 5.97 Å². The summed E-state index contributed by atoms with van der Waals surface area (Å²) in [4.78, 5) is 27.5. The number of methoxy groups -OCH3 is 3. The molecule has 11 heteroatoms. The summed E-state index contributed by atoms with van der Waals surface area (Å²) in [6.07, 6.45) is 0. The Morgan fingerprint density at radius 2 is 1.72 bits per heavy atom. The van der Waals surface area contributed by atoms with E-state index < -0.39 is 5.97 Å². The van der Waals surface area contributed by atoms with Gasteiger partial charge in [-0.1, -0.05) is 11.6 Å². The van der Waals surface area contributed by atoms with Crippen LogP contribution in [-0.4, -0.2) is 56.3 Å². The molecule has 2 aromatic rings. The van der Waals surface area contributed by atoms with Gasteiger partial charge in [0.15, 0.2) is 5.11 Å². The van der Waals surface area contributed by atoms with Gasteiger partial charge in [0, 0.05) is 25.2 Å². The minimum atomic E-state index is -0.562. The van der Waals surface area contributed by atoms with Crippen molar-refractivity contribution in [1.29, 1.82) is 0 Å². The molecule has 0 saturated heterocycles. The lowest BCUT2D eigenvalue weighted by Crippen LogP contribution is -2.30. The fraction of sp³-hybridized carbons (Fsp3) is 0.381. The molecular weight excluding hydrogens is 474 g/mol. The van der Waals surface area contributed by atoms with Crippen LogP contribution in [0.4, 0.5) is 10.7 Å². The number of rotatable bonds is 8. The summed E-state index contributed by atoms with van der Waals surface area (Å²) in [6.45, 7) is 6.63. The normalized spacial score (nSPS) is 10.3. The average Bonchev–Trinajstić information content (AvgIpc) is 3.10. The molecule has 0 aliphatic heterocycles. The molecule has 2 N–H and O–H groups in total. The number of esters is 1. The summed E-state index contributed by atoms with van der Waals surface area (Å²) in [5.41, 5.74) is 1.31. The smallest absolute Gasteiger partial charge is 0.341 e. The zero-order valence-corrected chi connectivity index (χ0v) is 21.1. The second kappa shape index (κ2) is 11.3. The molecular formula is C21H26ClN3O5S2. The van der Waals surface area contributed by atoms with E-state index in [1.54, 1.807) is 24.0 Å². The molecule has 1 amide bonds. The lowest BCUT2D eigenvalue weighted by atomic mass is 10.1. The van der Waals surface area contributed by atoms with Gasteiger partial charge in [0.25, 0.3) is 5.91 Å². The zero-order valence-electron chi connectivity index (χ0n) is 18.8. The highest BCUT2D eigenvalue weighted by Gasteiger charge is 2.27. The molecule has 1 aromatic heterocycles. The molecule has 8 nitrogen and oxygen atoms in total. The first-order chi connectivity index (χ1) is 15.2. The van der Waals surface area contributed by atoms with Crippen LogP contribution in [0, 0.1) is 6.92 Å². The highest BCUT2D eigenvalue weighted by atomic mass is 35.5. The highest BCUT2D eigenvalue weighted by Crippen LogP contribution is 2.37. The van der Waals surface area contributed by atoms with Crippen LogP contribution in [0.5, 0.6) is 11.5 Å². The molecule has 0 bridgehead atoms. The molecule has 0 atom stereocenters. The zero-order chi connectivity index (χ0) is 24.0. The number of nitrogens with zero attached hydrogens (tertiary/aromatic N) is 1. The Morgan fingerprint density at radius 1 is 1.09 bits per heavy atom. The topological polar surface area (TPSA) is 89.1 Å². The number of amides is 1. The average molecular weight is 500 g/mol. The number of thiocarbonyl (C=S) groups is 1. The Kier molecular flexibility index (Phi) is 9.11. The lowest BCUT2D eigenvalue weighted by Gasteiger charge is -2.18. The number of ether oxygens (including phenoxy) is 3. The maximum atomic E-state index is 12.9. The van der Waals surface area contributed by atoms with Gasteiger partial charge in [-0.25, -0.2) is 4.79 Å². The summed E-state index contributed by atoms with van der Waals surface area (Å²) < 4.78 is 15.5. The van der Waals surface area contributed by atoms with Crippen LogP contribution < -0.4 is 20.1 Å². The third kappa shape index (κ3) is 5.43. The van der Waals surface area contributed by atoms with E-state index in [1.807, 2.05) is 13.8 Å². The van der Waals surface area contributed by atoms with Crippen molar-refractivity contribution in [2.45, 2.75) is 20.8 Å². The number of anilines is 2. The highest BCUT2D eigenvalue weighted by molar-refractivity contribution is 7.80. The van der Waals surface area contributed by atoms with Crippen LogP contribution in [0.3, 0.4) is 0 Å². The summed E-state index contributed by atoms with van der Waals surface area (Å²) in [7, 11) is 4.29. The van der Waals surface area contributed by atoms with Crippen molar-refractivity contribution in [2.75, 3.05) is 45.1 Å². The van der Waals surface area contributed by atoms with Crippen LogP contribution >= 0.6 is 35.2 Å². The molecule has 0 spiro atoms. The fourth-order valence-electron chi connectivity index (χ4n) is 3.02. The second-order valence-corrected chi connectivity index (χ2v) is 8.33. The van der Waals surface area contributed by atoms with Crippen molar-refractivity contribution in [2.24, 2.45) is 0 Å². The van der Waals surface area contributed by atoms with E-state index in [2.05, 4.69) is 10.6 Å². The Bertz CT molecular complexity index is 1020. The second-order valence-electron chi connectivity index (χ2n) is 6.50. The molecule has 1 aromatic carbocycles. The van der Waals surface area contributed by atoms with Gasteiger partial charge in [0.1, 0.15) is 16.5 Å². The minimum absolute atomic E-state index is 0.154. The number of hydrogen-bond acceptors (Lipinski definition) is 7. The minimum Gasteiger partial charge on any atom is -0.495 e. The number of carbonyl (C=O) groups is 2. The van der Waals surface area contributed by atoms with Crippen molar-refractivity contribution < 1.29 is 23.8 Å². The van der Waals surface area contributed by atoms with Gasteiger partial charge in [0.2, 0.25) is 0 Å². The van der Waals surface area contributed by atoms with Gasteiger partial charge in [-0.05, 0) is 38.6 Å². The Labute approximate surface area is 201 Å². The van der Waals surface area contributed by atoms with Crippen LogP contribution in [0.25, 0.3) is 0 Å². The predicted octanol–water partition coefficient (Wildman–Crippen LogP) is 4.80. The van der Waals surface area contributed by atoms with Crippen molar-refractivity contribution in [3.8, 4) is 11.5 Å². The quantitative estimate of drug-likeness (QED) is 0.395. The predicted molar refractivity (Wildman–Crippen MR) is 132 cm³/mol. The maximum absolute atomic E-state index is 12.9. The van der Waals surface area contributed by atoms with Crippen LogP contribution in [0.15, 0.2) is 12.1 Å². The first kappa shape index (κ1) is 25.7. The van der Waals surface area contributed by atoms with E-state index in [4.69, 9.17) is 38.0 Å². The Morgan fingerprint density at radius 3 is 2.25 bits per heavy atom. The van der Waals surface area contributed by atoms with E-state index in [-0.39, 0.29) is 16.6 Å². The van der Waals surface area contributed by atoms with Crippen molar-refractivity contribution >= 4 is 62.8 Å². The number of hydrogen-bond donors (Lipinski definition) is 2. The molecule has 0 radical (unpaired) electrons. The number of halogens is 1. The van der Waals surface area contributed by atoms with E-state index in [1.165, 1.54) is 21.3 Å². The van der Waals surface area contributed by atoms with Crippen LogP contribution in [0.1, 0.15) is 39.4 Å². The monoisotopic (exact) mass is 499 g/mol. The molecule has 0 saturated carbocycles. The Hall–Kier alpha value is -2.56. The van der Waals surface area contributed by atoms with Crippen LogP contribution in [-0.2, 0) is 4.74 Å². The number of nitrogens with one attached hydrogen (secondary N) is 2. The largest absolute Gasteiger partial charge is 0.495 e. The number of thiophene rings is 1. The van der Waals surface area contributed by atoms with Gasteiger partial charge in [-0.15, -0.1) is 11.3 Å². The summed E-state index contributed by atoms with van der Waals surface area (Å²) in [5, 5.41) is 6.99. The number of benzene rings is 1. The standard InChI is InChI=1S/C21H26ClN3O5S2/c1-7-25(8-2)19(26)17-11(3)16(20(27)30-6)18(32-17)24-21(31)23-13-10-14(28-4)12(22)9-15(13)29-5/h9-10H,7-8H2,1-6H3,(H2,23,24,31). The van der Waals surface area contributed by atoms with E-state index in [0.29, 0.717) is 50.7 Å². The first-order valence-electron chi connectivity index (χ1n) is 9.72. The molecule has 0 aliphatic carbocycles. The molecule has 0 fully saturated rings. The Balaban J connectivity index is 2.40. The van der Waals surface area contributed by atoms with Gasteiger partial charge in [0.05, 0.1) is 42.5 Å². The van der Waals surface area contributed by atoms with Crippen molar-refractivity contribution in [3.05, 3.63) is 33.2 Å². The third-order valence-corrected chi connectivity index (χ3v) is 6.43. The molecule has 2 rings (SSSR count). The van der Waals surface area contributed by atoms with E-state index in [0.717, 1.165) is 11.3 Å². The van der Waals surface area contributed by atoms with Crippen molar-refractivity contribution in [3.63, 3.8) is 0 Å². The first-order valence-corrected chi connectivity index (χ1v) is 11.3. The maximum Gasteiger partial charge on any atom is 0.341 e. The van der Waals surface area contributed by atoms with Crippen LogP contribution in [0.2, 0.25) is 5.02 Å². The summed E-state index contributed by atoms with van der Waals surface area (Å²) >= 11 is 12.7. The molecule has 0 unspecified atom stereocenters. The molecule has 0 aliphatic rings. The summed E-state index contributed by atoms with van der Waals surface area (Å²) in [6, 6.07) is 3.24. The van der Waals surface area contributed by atoms with E-state index in [9.17, 15) is 9.59 Å². The SMILES string of the molecule is CCN(CC)C(=O)c1sc(NC(=S)Nc2cc(OC)c(Cl)cc2OC)c(C(=O)OC)c1C. The molecule has 32 heavy (non-hydrogen) atoms. The third-order valence-electron chi connectivity index (χ3n) is 4.73. The van der Waals surface area contributed by atoms with Gasteiger partial charge in [-0.3, -0.25) is 4.79 Å². The lowest BCUT2D eigenvalue weighted by molar-refractivity contribution is 0.0601. The number of carbonyl (C=O) groups excluding carboxylic acids is 2. The van der Waals surface area contributed by atoms with Gasteiger partial charge < -0.3 is 29.7 Å². The fourth-order valence-corrected chi connectivity index (χ4v) is 4.70. The summed E-state index contributed by atoms with van der Waals surface area (Å²) in [5.74, 6) is 0.173. The molecule has 174 valence electrons. The van der Waals surface area contributed by atoms with E-state index >= 15 is 0 Å².